The maximum absolute atomic E-state index is 11.7. The highest BCUT2D eigenvalue weighted by Gasteiger charge is 2.22. The molecule has 2 N–H and O–H groups in total. The van der Waals surface area contributed by atoms with Crippen LogP contribution in [0.15, 0.2) is 29.2 Å². The predicted molar refractivity (Wildman–Crippen MR) is 78.6 cm³/mol. The van der Waals surface area contributed by atoms with Gasteiger partial charge in [0, 0.05) is 17.7 Å². The lowest BCUT2D eigenvalue weighted by molar-refractivity contribution is -0.385. The molecule has 0 bridgehead atoms. The van der Waals surface area contributed by atoms with Gasteiger partial charge in [-0.25, -0.2) is 13.6 Å². The van der Waals surface area contributed by atoms with Crippen LogP contribution >= 0.6 is 0 Å². The Labute approximate surface area is 131 Å². The second-order valence-corrected chi connectivity index (χ2v) is 5.79. The van der Waals surface area contributed by atoms with E-state index < -0.39 is 25.5 Å². The molecule has 2 aromatic rings. The molecule has 0 saturated heterocycles. The maximum atomic E-state index is 11.7. The van der Waals surface area contributed by atoms with Crippen LogP contribution in [0.3, 0.4) is 0 Å². The van der Waals surface area contributed by atoms with Crippen molar-refractivity contribution in [3.8, 4) is 23.1 Å². The van der Waals surface area contributed by atoms with Gasteiger partial charge in [0.2, 0.25) is 21.8 Å². The van der Waals surface area contributed by atoms with Crippen molar-refractivity contribution in [2.75, 3.05) is 14.2 Å². The first kappa shape index (κ1) is 16.6. The van der Waals surface area contributed by atoms with Gasteiger partial charge in [-0.05, 0) is 6.07 Å². The lowest BCUT2D eigenvalue weighted by Gasteiger charge is -2.09. The van der Waals surface area contributed by atoms with Crippen LogP contribution in [-0.4, -0.2) is 37.5 Å². The first-order valence-corrected chi connectivity index (χ1v) is 7.59. The Morgan fingerprint density at radius 3 is 2.13 bits per heavy atom. The fraction of sp³-hybridized carbons (Fsp3) is 0.167. The van der Waals surface area contributed by atoms with Crippen LogP contribution in [-0.2, 0) is 10.0 Å². The molecule has 122 valence electrons. The average Bonchev–Trinajstić information content (AvgIpc) is 2.52. The number of benzene rings is 1. The number of ether oxygens (including phenoxy) is 2. The molecule has 0 atom stereocenters. The minimum Gasteiger partial charge on any atom is -0.481 e. The monoisotopic (exact) mass is 340 g/mol. The number of sulfonamides is 1. The smallest absolute Gasteiger partial charge is 0.270 e. The third-order valence-corrected chi connectivity index (χ3v) is 3.77. The first-order chi connectivity index (χ1) is 10.8. The molecule has 0 aliphatic heterocycles. The minimum absolute atomic E-state index is 0.00435. The number of nitro groups is 1. The number of nitro benzene ring substituents is 1. The Morgan fingerprint density at radius 1 is 1.13 bits per heavy atom. The summed E-state index contributed by atoms with van der Waals surface area (Å²) < 4.78 is 33.5. The first-order valence-electron chi connectivity index (χ1n) is 6.05. The fourth-order valence-corrected chi connectivity index (χ4v) is 2.53. The van der Waals surface area contributed by atoms with E-state index in [9.17, 15) is 18.5 Å². The van der Waals surface area contributed by atoms with Crippen LogP contribution in [0.4, 0.5) is 5.69 Å². The summed E-state index contributed by atoms with van der Waals surface area (Å²) in [5.74, 6) is 0.205. The lowest BCUT2D eigenvalue weighted by Crippen LogP contribution is -2.14. The molecule has 0 aliphatic rings. The molecule has 1 heterocycles. The zero-order valence-electron chi connectivity index (χ0n) is 12.1. The van der Waals surface area contributed by atoms with E-state index in [0.717, 1.165) is 12.1 Å². The summed E-state index contributed by atoms with van der Waals surface area (Å²) in [5.41, 5.74) is -0.428. The van der Waals surface area contributed by atoms with Gasteiger partial charge >= 0.3 is 0 Å². The molecule has 1 aromatic carbocycles. The Bertz CT molecular complexity index is 846. The van der Waals surface area contributed by atoms with Crippen molar-refractivity contribution < 1.29 is 22.8 Å². The van der Waals surface area contributed by atoms with Gasteiger partial charge in [0.15, 0.2) is 5.82 Å². The molecule has 0 aliphatic carbocycles. The third-order valence-electron chi connectivity index (χ3n) is 2.82. The third kappa shape index (κ3) is 3.52. The van der Waals surface area contributed by atoms with E-state index in [-0.39, 0.29) is 23.1 Å². The summed E-state index contributed by atoms with van der Waals surface area (Å²) >= 11 is 0. The highest BCUT2D eigenvalue weighted by atomic mass is 32.2. The number of hydrogen-bond donors (Lipinski definition) is 1. The van der Waals surface area contributed by atoms with Gasteiger partial charge in [0.1, 0.15) is 0 Å². The average molecular weight is 340 g/mol. The van der Waals surface area contributed by atoms with E-state index >= 15 is 0 Å². The van der Waals surface area contributed by atoms with Crippen molar-refractivity contribution in [3.63, 3.8) is 0 Å². The number of rotatable bonds is 5. The minimum atomic E-state index is -4.24. The summed E-state index contributed by atoms with van der Waals surface area (Å²) in [6.07, 6.45) is 0. The lowest BCUT2D eigenvalue weighted by atomic mass is 10.2. The summed E-state index contributed by atoms with van der Waals surface area (Å²) in [4.78, 5) is 17.7. The highest BCUT2D eigenvalue weighted by Crippen LogP contribution is 2.30. The molecule has 0 spiro atoms. The van der Waals surface area contributed by atoms with Gasteiger partial charge in [-0.15, -0.1) is 0 Å². The Kier molecular flexibility index (Phi) is 4.43. The van der Waals surface area contributed by atoms with E-state index in [2.05, 4.69) is 9.97 Å². The molecule has 23 heavy (non-hydrogen) atoms. The molecular formula is C12H12N4O6S. The van der Waals surface area contributed by atoms with Crippen molar-refractivity contribution in [1.29, 1.82) is 0 Å². The van der Waals surface area contributed by atoms with Gasteiger partial charge in [0.05, 0.1) is 30.1 Å². The SMILES string of the molecule is COc1cc(OC)nc(-c2ccc([N+](=O)[O-])cc2S(N)(=O)=O)n1. The topological polar surface area (TPSA) is 148 Å². The van der Waals surface area contributed by atoms with Crippen LogP contribution in [0.1, 0.15) is 0 Å². The van der Waals surface area contributed by atoms with E-state index in [1.54, 1.807) is 0 Å². The molecule has 11 heteroatoms. The zero-order chi connectivity index (χ0) is 17.2. The molecule has 2 rings (SSSR count). The number of non-ortho nitro benzene ring substituents is 1. The van der Waals surface area contributed by atoms with E-state index in [1.165, 1.54) is 26.4 Å². The molecule has 1 aromatic heterocycles. The summed E-state index contributed by atoms with van der Waals surface area (Å²) in [5, 5.41) is 16.0. The normalized spacial score (nSPS) is 11.1. The molecule has 0 saturated carbocycles. The fourth-order valence-electron chi connectivity index (χ4n) is 1.78. The molecule has 10 nitrogen and oxygen atoms in total. The zero-order valence-corrected chi connectivity index (χ0v) is 12.9. The second-order valence-electron chi connectivity index (χ2n) is 4.26. The predicted octanol–water partition coefficient (Wildman–Crippen LogP) is 0.716. The highest BCUT2D eigenvalue weighted by molar-refractivity contribution is 7.89. The van der Waals surface area contributed by atoms with Gasteiger partial charge < -0.3 is 9.47 Å². The Balaban J connectivity index is 2.75. The van der Waals surface area contributed by atoms with Gasteiger partial charge in [-0.3, -0.25) is 10.1 Å². The number of hydrogen-bond acceptors (Lipinski definition) is 8. The van der Waals surface area contributed by atoms with Crippen molar-refractivity contribution in [2.45, 2.75) is 4.90 Å². The number of nitrogens with zero attached hydrogens (tertiary/aromatic N) is 3. The number of aromatic nitrogens is 2. The molecule has 0 radical (unpaired) electrons. The van der Waals surface area contributed by atoms with Crippen LogP contribution in [0, 0.1) is 10.1 Å². The Hall–Kier alpha value is -2.79. The Morgan fingerprint density at radius 2 is 1.70 bits per heavy atom. The van der Waals surface area contributed by atoms with Crippen LogP contribution in [0.25, 0.3) is 11.4 Å². The number of nitrogens with two attached hydrogens (primary N) is 1. The summed E-state index contributed by atoms with van der Waals surface area (Å²) in [6, 6.07) is 4.57. The van der Waals surface area contributed by atoms with Crippen LogP contribution < -0.4 is 14.6 Å². The van der Waals surface area contributed by atoms with Crippen molar-refractivity contribution in [1.82, 2.24) is 9.97 Å². The molecule has 0 amide bonds. The second kappa shape index (κ2) is 6.14. The van der Waals surface area contributed by atoms with Crippen LogP contribution in [0.5, 0.6) is 11.8 Å². The van der Waals surface area contributed by atoms with E-state index in [4.69, 9.17) is 14.6 Å². The van der Waals surface area contributed by atoms with E-state index in [1.807, 2.05) is 0 Å². The van der Waals surface area contributed by atoms with Crippen molar-refractivity contribution in [3.05, 3.63) is 34.4 Å². The maximum Gasteiger partial charge on any atom is 0.270 e. The standard InChI is InChI=1S/C12H12N4O6S/c1-21-10-6-11(22-2)15-12(14-10)8-4-3-7(16(17)18)5-9(8)23(13,19)20/h3-6H,1-2H3,(H2,13,19,20). The quantitative estimate of drug-likeness (QED) is 0.618. The van der Waals surface area contributed by atoms with Crippen molar-refractivity contribution >= 4 is 15.7 Å². The van der Waals surface area contributed by atoms with Gasteiger partial charge in [0.25, 0.3) is 5.69 Å². The summed E-state index contributed by atoms with van der Waals surface area (Å²) in [7, 11) is -1.52. The van der Waals surface area contributed by atoms with E-state index in [0.29, 0.717) is 0 Å². The number of primary sulfonamides is 1. The number of methoxy groups -OCH3 is 2. The molecular weight excluding hydrogens is 328 g/mol. The van der Waals surface area contributed by atoms with Gasteiger partial charge in [-0.1, -0.05) is 0 Å². The van der Waals surface area contributed by atoms with Gasteiger partial charge in [-0.2, -0.15) is 9.97 Å². The summed E-state index contributed by atoms with van der Waals surface area (Å²) in [6.45, 7) is 0. The molecule has 0 unspecified atom stereocenters. The molecule has 0 fully saturated rings. The van der Waals surface area contributed by atoms with Crippen LogP contribution in [0.2, 0.25) is 0 Å². The largest absolute Gasteiger partial charge is 0.481 e. The van der Waals surface area contributed by atoms with Crippen molar-refractivity contribution in [2.24, 2.45) is 5.14 Å².